The van der Waals surface area contributed by atoms with Gasteiger partial charge >= 0.3 is 13.8 Å². The zero-order valence-electron chi connectivity index (χ0n) is 26.7. The van der Waals surface area contributed by atoms with Gasteiger partial charge in [0.25, 0.3) is 0 Å². The lowest BCUT2D eigenvalue weighted by molar-refractivity contribution is -0.147. The molecule has 0 saturated heterocycles. The molecule has 0 bridgehead atoms. The molecule has 0 aromatic heterocycles. The van der Waals surface area contributed by atoms with Gasteiger partial charge in [-0.15, -0.1) is 0 Å². The van der Waals surface area contributed by atoms with E-state index in [1.807, 2.05) is 0 Å². The zero-order chi connectivity index (χ0) is 31.2. The summed E-state index contributed by atoms with van der Waals surface area (Å²) in [6, 6.07) is 0. The van der Waals surface area contributed by atoms with Gasteiger partial charge in [-0.3, -0.25) is 18.6 Å². The molecule has 2 atom stereocenters. The molecule has 0 aromatic rings. The van der Waals surface area contributed by atoms with Gasteiger partial charge in [0.15, 0.2) is 0 Å². The standard InChI is InChI=1S/C32H62NO8P/c1-3-5-7-9-10-11-12-13-14-15-16-17-18-19-20-21-22-24-31(35)33-26-27-40-42(37,38)41-29-30(34)28-39-32(36)25-23-8-6-4-2/h13-14,30,34H,3-12,15-29H2,1-2H3,(H,33,35)(H,37,38)/b14-13-. The topological polar surface area (TPSA) is 131 Å². The molecular formula is C32H62NO8P. The van der Waals surface area contributed by atoms with Crippen LogP contribution in [0.25, 0.3) is 0 Å². The molecule has 0 saturated carbocycles. The summed E-state index contributed by atoms with van der Waals surface area (Å²) < 4.78 is 26.4. The first-order valence-corrected chi connectivity index (χ1v) is 18.2. The number of aliphatic hydroxyl groups is 1. The van der Waals surface area contributed by atoms with Crippen LogP contribution in [0.5, 0.6) is 0 Å². The van der Waals surface area contributed by atoms with Crippen molar-refractivity contribution in [3.63, 3.8) is 0 Å². The Kier molecular flexibility index (Phi) is 28.9. The fourth-order valence-corrected chi connectivity index (χ4v) is 5.13. The molecule has 0 aliphatic carbocycles. The van der Waals surface area contributed by atoms with Gasteiger partial charge in [-0.1, -0.05) is 109 Å². The second kappa shape index (κ2) is 29.8. The first-order valence-electron chi connectivity index (χ1n) is 16.7. The highest BCUT2D eigenvalue weighted by Crippen LogP contribution is 2.42. The van der Waals surface area contributed by atoms with Gasteiger partial charge in [0.2, 0.25) is 5.91 Å². The average Bonchev–Trinajstić information content (AvgIpc) is 2.97. The first-order chi connectivity index (χ1) is 20.3. The Balaban J connectivity index is 3.58. The van der Waals surface area contributed by atoms with Crippen LogP contribution in [0.1, 0.15) is 149 Å². The third-order valence-electron chi connectivity index (χ3n) is 6.95. The summed E-state index contributed by atoms with van der Waals surface area (Å²) in [6.45, 7) is 3.38. The third kappa shape index (κ3) is 30.2. The fraction of sp³-hybridized carbons (Fsp3) is 0.875. The molecule has 10 heteroatoms. The van der Waals surface area contributed by atoms with Crippen molar-refractivity contribution in [2.45, 2.75) is 155 Å². The number of phosphoric acid groups is 1. The minimum absolute atomic E-state index is 0.0817. The van der Waals surface area contributed by atoms with Crippen LogP contribution in [0.2, 0.25) is 0 Å². The molecular weight excluding hydrogens is 557 g/mol. The summed E-state index contributed by atoms with van der Waals surface area (Å²) in [6.07, 6.45) is 26.3. The fourth-order valence-electron chi connectivity index (χ4n) is 4.37. The van der Waals surface area contributed by atoms with Crippen molar-refractivity contribution in [3.05, 3.63) is 12.2 Å². The van der Waals surface area contributed by atoms with Crippen LogP contribution in [-0.2, 0) is 27.9 Å². The number of rotatable bonds is 31. The minimum Gasteiger partial charge on any atom is -0.463 e. The average molecular weight is 620 g/mol. The largest absolute Gasteiger partial charge is 0.472 e. The Morgan fingerprint density at radius 2 is 1.21 bits per heavy atom. The number of carbonyl (C=O) groups excluding carboxylic acids is 2. The lowest BCUT2D eigenvalue weighted by atomic mass is 10.1. The molecule has 9 nitrogen and oxygen atoms in total. The molecule has 0 aliphatic heterocycles. The Hall–Kier alpha value is -1.25. The van der Waals surface area contributed by atoms with Crippen molar-refractivity contribution >= 4 is 19.7 Å². The molecule has 0 aliphatic rings. The van der Waals surface area contributed by atoms with Crippen LogP contribution in [0, 0.1) is 0 Å². The summed E-state index contributed by atoms with van der Waals surface area (Å²) in [5, 5.41) is 12.5. The van der Waals surface area contributed by atoms with Crippen LogP contribution >= 0.6 is 7.82 Å². The number of hydrogen-bond acceptors (Lipinski definition) is 7. The third-order valence-corrected chi connectivity index (χ3v) is 7.93. The maximum atomic E-state index is 12.0. The van der Waals surface area contributed by atoms with E-state index in [1.54, 1.807) is 0 Å². The van der Waals surface area contributed by atoms with Crippen molar-refractivity contribution in [3.8, 4) is 0 Å². The van der Waals surface area contributed by atoms with E-state index in [1.165, 1.54) is 77.0 Å². The summed E-state index contributed by atoms with van der Waals surface area (Å²) >= 11 is 0. The summed E-state index contributed by atoms with van der Waals surface area (Å²) in [5.74, 6) is -0.538. The lowest BCUT2D eigenvalue weighted by Crippen LogP contribution is -2.27. The molecule has 3 N–H and O–H groups in total. The van der Waals surface area contributed by atoms with Gasteiger partial charge in [0.1, 0.15) is 12.7 Å². The summed E-state index contributed by atoms with van der Waals surface area (Å²) in [5.41, 5.74) is 0. The number of carbonyl (C=O) groups is 2. The highest BCUT2D eigenvalue weighted by Gasteiger charge is 2.23. The maximum Gasteiger partial charge on any atom is 0.472 e. The van der Waals surface area contributed by atoms with Gasteiger partial charge in [0, 0.05) is 19.4 Å². The van der Waals surface area contributed by atoms with E-state index in [9.17, 15) is 24.2 Å². The molecule has 248 valence electrons. The monoisotopic (exact) mass is 619 g/mol. The molecule has 0 fully saturated rings. The van der Waals surface area contributed by atoms with Crippen molar-refractivity contribution in [1.29, 1.82) is 0 Å². The Labute approximate surface area is 256 Å². The first kappa shape index (κ1) is 40.8. The van der Waals surface area contributed by atoms with E-state index in [0.29, 0.717) is 6.42 Å². The molecule has 0 aromatic carbocycles. The van der Waals surface area contributed by atoms with Crippen LogP contribution in [0.15, 0.2) is 12.2 Å². The van der Waals surface area contributed by atoms with E-state index in [-0.39, 0.29) is 32.1 Å². The number of hydrogen-bond donors (Lipinski definition) is 3. The number of amides is 1. The van der Waals surface area contributed by atoms with E-state index >= 15 is 0 Å². The van der Waals surface area contributed by atoms with Gasteiger partial charge in [0.05, 0.1) is 13.2 Å². The second-order valence-electron chi connectivity index (χ2n) is 11.1. The van der Waals surface area contributed by atoms with Crippen LogP contribution in [0.4, 0.5) is 0 Å². The maximum absolute atomic E-state index is 12.0. The molecule has 0 spiro atoms. The van der Waals surface area contributed by atoms with Crippen molar-refractivity contribution in [1.82, 2.24) is 5.32 Å². The van der Waals surface area contributed by atoms with E-state index < -0.39 is 26.5 Å². The zero-order valence-corrected chi connectivity index (χ0v) is 27.6. The highest BCUT2D eigenvalue weighted by atomic mass is 31.2. The number of esters is 1. The number of nitrogens with one attached hydrogen (secondary N) is 1. The smallest absolute Gasteiger partial charge is 0.463 e. The normalized spacial score (nSPS) is 13.7. The Morgan fingerprint density at radius 1 is 0.714 bits per heavy atom. The molecule has 0 heterocycles. The van der Waals surface area contributed by atoms with Gasteiger partial charge in [-0.25, -0.2) is 4.57 Å². The molecule has 42 heavy (non-hydrogen) atoms. The van der Waals surface area contributed by atoms with Gasteiger partial charge < -0.3 is 20.1 Å². The molecule has 1 amide bonds. The quantitative estimate of drug-likeness (QED) is 0.0309. The van der Waals surface area contributed by atoms with Gasteiger partial charge in [-0.2, -0.15) is 0 Å². The number of unbranched alkanes of at least 4 members (excludes halogenated alkanes) is 16. The Morgan fingerprint density at radius 3 is 1.81 bits per heavy atom. The van der Waals surface area contributed by atoms with Gasteiger partial charge in [-0.05, 0) is 38.5 Å². The Bertz CT molecular complexity index is 719. The lowest BCUT2D eigenvalue weighted by Gasteiger charge is -2.15. The van der Waals surface area contributed by atoms with Crippen molar-refractivity contribution < 1.29 is 37.9 Å². The molecule has 0 radical (unpaired) electrons. The molecule has 2 unspecified atom stereocenters. The number of allylic oxidation sites excluding steroid dienone is 2. The van der Waals surface area contributed by atoms with Crippen molar-refractivity contribution in [2.24, 2.45) is 0 Å². The number of phosphoric ester groups is 1. The van der Waals surface area contributed by atoms with E-state index in [2.05, 4.69) is 31.3 Å². The van der Waals surface area contributed by atoms with Crippen LogP contribution in [0.3, 0.4) is 0 Å². The van der Waals surface area contributed by atoms with Crippen molar-refractivity contribution in [2.75, 3.05) is 26.4 Å². The van der Waals surface area contributed by atoms with Crippen LogP contribution < -0.4 is 5.32 Å². The summed E-state index contributed by atoms with van der Waals surface area (Å²) in [4.78, 5) is 33.3. The summed E-state index contributed by atoms with van der Waals surface area (Å²) in [7, 11) is -4.39. The van der Waals surface area contributed by atoms with E-state index in [4.69, 9.17) is 13.8 Å². The van der Waals surface area contributed by atoms with E-state index in [0.717, 1.165) is 44.9 Å². The number of aliphatic hydroxyl groups excluding tert-OH is 1. The highest BCUT2D eigenvalue weighted by molar-refractivity contribution is 7.47. The van der Waals surface area contributed by atoms with Crippen LogP contribution in [-0.4, -0.2) is 54.3 Å². The SMILES string of the molecule is CCCCCCCC/C=C\CCCCCCCCCC(=O)NCCOP(=O)(O)OCC(O)COC(=O)CCCCCC. The molecule has 0 rings (SSSR count). The number of ether oxygens (including phenoxy) is 1. The second-order valence-corrected chi connectivity index (χ2v) is 12.6. The predicted molar refractivity (Wildman–Crippen MR) is 169 cm³/mol. The predicted octanol–water partition coefficient (Wildman–Crippen LogP) is 7.93. The minimum atomic E-state index is -4.39.